The molecule has 3 heterocycles. The largest absolute Gasteiger partial charge is 0.281 e. The maximum Gasteiger partial charge on any atom is 0.246 e. The Labute approximate surface area is 176 Å². The van der Waals surface area contributed by atoms with E-state index in [4.69, 9.17) is 4.98 Å². The molecule has 1 fully saturated rings. The van der Waals surface area contributed by atoms with Gasteiger partial charge in [-0.05, 0) is 69.0 Å². The highest BCUT2D eigenvalue weighted by Crippen LogP contribution is 2.33. The molecule has 1 N–H and O–H groups in total. The third-order valence-electron chi connectivity index (χ3n) is 5.61. The molecule has 0 radical (unpaired) electrons. The second-order valence-electron chi connectivity index (χ2n) is 7.89. The summed E-state index contributed by atoms with van der Waals surface area (Å²) in [4.78, 5) is 4.97. The van der Waals surface area contributed by atoms with E-state index in [1.165, 1.54) is 12.1 Å². The Morgan fingerprint density at radius 2 is 1.83 bits per heavy atom. The molecule has 1 aliphatic rings. The molecule has 0 saturated carbocycles. The number of pyridine rings is 1. The molecule has 0 bridgehead atoms. The van der Waals surface area contributed by atoms with E-state index >= 15 is 0 Å². The lowest BCUT2D eigenvalue weighted by atomic mass is 9.93. The number of benzene rings is 1. The minimum absolute atomic E-state index is 0.000127. The van der Waals surface area contributed by atoms with Crippen molar-refractivity contribution in [1.82, 2.24) is 19.5 Å². The fraction of sp³-hybridized carbons (Fsp3) is 0.364. The Balaban J connectivity index is 1.64. The van der Waals surface area contributed by atoms with Gasteiger partial charge in [-0.1, -0.05) is 12.1 Å². The number of H-pyrrole nitrogens is 1. The van der Waals surface area contributed by atoms with Crippen LogP contribution in [-0.2, 0) is 10.0 Å². The molecule has 30 heavy (non-hydrogen) atoms. The van der Waals surface area contributed by atoms with Crippen LogP contribution < -0.4 is 0 Å². The summed E-state index contributed by atoms with van der Waals surface area (Å²) in [6, 6.07) is 10.3. The summed E-state index contributed by atoms with van der Waals surface area (Å²) in [7, 11) is -3.63. The van der Waals surface area contributed by atoms with Gasteiger partial charge in [-0.25, -0.2) is 12.8 Å². The number of aromatic nitrogens is 3. The number of hydrogen-bond acceptors (Lipinski definition) is 4. The van der Waals surface area contributed by atoms with Crippen LogP contribution in [0.5, 0.6) is 0 Å². The van der Waals surface area contributed by atoms with Crippen molar-refractivity contribution in [1.29, 1.82) is 0 Å². The van der Waals surface area contributed by atoms with Crippen molar-refractivity contribution >= 4 is 10.0 Å². The maximum absolute atomic E-state index is 13.3. The topological polar surface area (TPSA) is 79.0 Å². The van der Waals surface area contributed by atoms with Crippen LogP contribution in [0.15, 0.2) is 41.3 Å². The van der Waals surface area contributed by atoms with Crippen molar-refractivity contribution in [3.05, 3.63) is 65.0 Å². The average molecular weight is 429 g/mol. The summed E-state index contributed by atoms with van der Waals surface area (Å²) < 4.78 is 41.4. The van der Waals surface area contributed by atoms with Crippen molar-refractivity contribution in [3.8, 4) is 11.1 Å². The predicted octanol–water partition coefficient (Wildman–Crippen LogP) is 4.10. The van der Waals surface area contributed by atoms with Gasteiger partial charge in [0.15, 0.2) is 0 Å². The first-order valence-electron chi connectivity index (χ1n) is 10.0. The lowest BCUT2D eigenvalue weighted by molar-refractivity contribution is 0.312. The van der Waals surface area contributed by atoms with Crippen LogP contribution in [0.2, 0.25) is 0 Å². The van der Waals surface area contributed by atoms with Crippen LogP contribution in [0, 0.1) is 26.6 Å². The van der Waals surface area contributed by atoms with Crippen molar-refractivity contribution < 1.29 is 12.8 Å². The van der Waals surface area contributed by atoms with E-state index in [9.17, 15) is 12.8 Å². The van der Waals surface area contributed by atoms with E-state index in [2.05, 4.69) is 10.2 Å². The van der Waals surface area contributed by atoms with E-state index < -0.39 is 10.0 Å². The van der Waals surface area contributed by atoms with Gasteiger partial charge in [-0.15, -0.1) is 0 Å². The van der Waals surface area contributed by atoms with Crippen LogP contribution >= 0.6 is 0 Å². The molecular formula is C22H25FN4O2S. The quantitative estimate of drug-likeness (QED) is 0.678. The fourth-order valence-electron chi connectivity index (χ4n) is 4.16. The van der Waals surface area contributed by atoms with Gasteiger partial charge in [0.2, 0.25) is 10.0 Å². The molecule has 8 heteroatoms. The molecule has 1 atom stereocenters. The molecule has 3 aromatic rings. The number of hydrogen-bond donors (Lipinski definition) is 1. The molecule has 6 nitrogen and oxygen atoms in total. The van der Waals surface area contributed by atoms with Crippen LogP contribution in [0.1, 0.15) is 41.5 Å². The number of nitrogens with one attached hydrogen (secondary N) is 1. The third kappa shape index (κ3) is 3.89. The standard InChI is InChI=1S/C22H25FN4O2S/c1-14-11-19(17-6-8-20(23)9-7-17)12-21(24-14)18-5-4-10-27(13-18)30(28,29)22-15(2)25-26-16(22)3/h6-9,11-12,18H,4-5,10,13H2,1-3H3,(H,25,26)/t18-/m1/s1. The van der Waals surface area contributed by atoms with Gasteiger partial charge in [0.25, 0.3) is 0 Å². The second-order valence-corrected chi connectivity index (χ2v) is 9.77. The maximum atomic E-state index is 13.3. The number of piperidine rings is 1. The van der Waals surface area contributed by atoms with E-state index in [1.807, 2.05) is 19.1 Å². The summed E-state index contributed by atoms with van der Waals surface area (Å²) in [6.45, 7) is 6.22. The van der Waals surface area contributed by atoms with Crippen LogP contribution in [0.25, 0.3) is 11.1 Å². The molecule has 2 aromatic heterocycles. The predicted molar refractivity (Wildman–Crippen MR) is 113 cm³/mol. The first-order chi connectivity index (χ1) is 14.3. The number of aryl methyl sites for hydroxylation is 3. The number of sulfonamides is 1. The zero-order valence-corrected chi connectivity index (χ0v) is 18.1. The van der Waals surface area contributed by atoms with E-state index in [0.717, 1.165) is 35.4 Å². The molecule has 1 aromatic carbocycles. The molecule has 158 valence electrons. The smallest absolute Gasteiger partial charge is 0.246 e. The molecule has 1 saturated heterocycles. The van der Waals surface area contributed by atoms with Crippen molar-refractivity contribution in [3.63, 3.8) is 0 Å². The Bertz CT molecular complexity index is 1150. The van der Waals surface area contributed by atoms with Crippen molar-refractivity contribution in [2.75, 3.05) is 13.1 Å². The van der Waals surface area contributed by atoms with E-state index in [-0.39, 0.29) is 16.6 Å². The lowest BCUT2D eigenvalue weighted by Gasteiger charge is -2.32. The summed E-state index contributed by atoms with van der Waals surface area (Å²) in [6.07, 6.45) is 1.63. The van der Waals surface area contributed by atoms with Crippen LogP contribution in [0.3, 0.4) is 0 Å². The fourth-order valence-corrected chi connectivity index (χ4v) is 6.02. The summed E-state index contributed by atoms with van der Waals surface area (Å²) >= 11 is 0. The van der Waals surface area contributed by atoms with Crippen LogP contribution in [-0.4, -0.2) is 41.0 Å². The van der Waals surface area contributed by atoms with Gasteiger partial charge >= 0.3 is 0 Å². The van der Waals surface area contributed by atoms with Gasteiger partial charge < -0.3 is 0 Å². The second kappa shape index (κ2) is 7.92. The van der Waals surface area contributed by atoms with Gasteiger partial charge in [0.05, 0.1) is 11.4 Å². The van der Waals surface area contributed by atoms with Gasteiger partial charge in [-0.3, -0.25) is 10.1 Å². The first-order valence-corrected chi connectivity index (χ1v) is 11.5. The zero-order valence-electron chi connectivity index (χ0n) is 17.3. The number of aromatic amines is 1. The van der Waals surface area contributed by atoms with E-state index in [1.54, 1.807) is 30.3 Å². The summed E-state index contributed by atoms with van der Waals surface area (Å²) in [5.41, 5.74) is 4.64. The SMILES string of the molecule is Cc1cc(-c2ccc(F)cc2)cc([C@@H]2CCCN(S(=O)(=O)c3c(C)n[nH]c3C)C2)n1. The molecule has 0 aliphatic carbocycles. The molecule has 1 aliphatic heterocycles. The highest BCUT2D eigenvalue weighted by Gasteiger charge is 2.34. The van der Waals surface area contributed by atoms with Gasteiger partial charge in [0.1, 0.15) is 10.7 Å². The Hall–Kier alpha value is -2.58. The molecule has 4 rings (SSSR count). The number of halogens is 1. The normalized spacial score (nSPS) is 17.9. The van der Waals surface area contributed by atoms with E-state index in [0.29, 0.717) is 24.5 Å². The summed E-state index contributed by atoms with van der Waals surface area (Å²) in [5, 5.41) is 6.81. The first kappa shape index (κ1) is 20.7. The minimum Gasteiger partial charge on any atom is -0.281 e. The molecule has 0 unspecified atom stereocenters. The molecule has 0 spiro atoms. The average Bonchev–Trinajstić information content (AvgIpc) is 3.07. The molecule has 0 amide bonds. The number of nitrogens with zero attached hydrogens (tertiary/aromatic N) is 3. The molecular weight excluding hydrogens is 403 g/mol. The monoisotopic (exact) mass is 428 g/mol. The van der Waals surface area contributed by atoms with Gasteiger partial charge in [-0.2, -0.15) is 9.40 Å². The zero-order chi connectivity index (χ0) is 21.5. The van der Waals surface area contributed by atoms with Crippen LogP contribution in [0.4, 0.5) is 4.39 Å². The Morgan fingerprint density at radius 3 is 2.50 bits per heavy atom. The third-order valence-corrected chi connectivity index (χ3v) is 7.74. The van der Waals surface area contributed by atoms with Gasteiger partial charge in [0, 0.05) is 30.4 Å². The van der Waals surface area contributed by atoms with Crippen molar-refractivity contribution in [2.45, 2.75) is 44.4 Å². The Morgan fingerprint density at radius 1 is 1.10 bits per heavy atom. The lowest BCUT2D eigenvalue weighted by Crippen LogP contribution is -2.39. The number of rotatable bonds is 4. The summed E-state index contributed by atoms with van der Waals surface area (Å²) in [5.74, 6) is -0.275. The highest BCUT2D eigenvalue weighted by atomic mass is 32.2. The highest BCUT2D eigenvalue weighted by molar-refractivity contribution is 7.89. The minimum atomic E-state index is -3.63. The van der Waals surface area contributed by atoms with Crippen molar-refractivity contribution in [2.24, 2.45) is 0 Å². The Kier molecular flexibility index (Phi) is 5.46.